The lowest BCUT2D eigenvalue weighted by atomic mass is 10.0. The molecule has 0 saturated carbocycles. The van der Waals surface area contributed by atoms with Gasteiger partial charge in [0.15, 0.2) is 5.66 Å². The SMILES string of the molecule is CN1C(=S)C(c2ccccc2)=NC1(C)c1ccccc1. The third kappa shape index (κ3) is 1.95. The minimum atomic E-state index is -0.427. The molecule has 1 aliphatic rings. The van der Waals surface area contributed by atoms with E-state index in [-0.39, 0.29) is 0 Å². The van der Waals surface area contributed by atoms with E-state index in [1.54, 1.807) is 0 Å². The third-order valence-electron chi connectivity index (χ3n) is 3.86. The number of thiocarbonyl (C=S) groups is 1. The van der Waals surface area contributed by atoms with Crippen LogP contribution in [-0.2, 0) is 5.66 Å². The van der Waals surface area contributed by atoms with Crippen LogP contribution in [0.5, 0.6) is 0 Å². The maximum atomic E-state index is 5.59. The van der Waals surface area contributed by atoms with E-state index in [9.17, 15) is 0 Å². The van der Waals surface area contributed by atoms with Gasteiger partial charge in [0.1, 0.15) is 10.7 Å². The highest BCUT2D eigenvalue weighted by atomic mass is 32.1. The zero-order valence-electron chi connectivity index (χ0n) is 11.6. The van der Waals surface area contributed by atoms with Crippen molar-refractivity contribution < 1.29 is 0 Å². The second-order valence-electron chi connectivity index (χ2n) is 5.08. The fraction of sp³-hybridized carbons (Fsp3) is 0.176. The first-order chi connectivity index (χ1) is 9.63. The third-order valence-corrected chi connectivity index (χ3v) is 4.32. The van der Waals surface area contributed by atoms with Gasteiger partial charge in [-0.3, -0.25) is 0 Å². The molecular formula is C17H16N2S. The molecule has 0 aromatic heterocycles. The van der Waals surface area contributed by atoms with Crippen LogP contribution in [0.25, 0.3) is 0 Å². The fourth-order valence-electron chi connectivity index (χ4n) is 2.49. The van der Waals surface area contributed by atoms with Crippen molar-refractivity contribution in [1.29, 1.82) is 0 Å². The Bertz CT molecular complexity index is 664. The average Bonchev–Trinajstić information content (AvgIpc) is 2.75. The molecule has 0 radical (unpaired) electrons. The number of hydrogen-bond donors (Lipinski definition) is 0. The van der Waals surface area contributed by atoms with Gasteiger partial charge in [-0.25, -0.2) is 4.99 Å². The van der Waals surface area contributed by atoms with Crippen molar-refractivity contribution in [1.82, 2.24) is 4.90 Å². The maximum Gasteiger partial charge on any atom is 0.156 e. The molecule has 2 aromatic rings. The van der Waals surface area contributed by atoms with Gasteiger partial charge in [-0.1, -0.05) is 72.9 Å². The second kappa shape index (κ2) is 4.84. The highest BCUT2D eigenvalue weighted by molar-refractivity contribution is 7.82. The van der Waals surface area contributed by atoms with E-state index in [4.69, 9.17) is 17.2 Å². The smallest absolute Gasteiger partial charge is 0.156 e. The van der Waals surface area contributed by atoms with Gasteiger partial charge in [0, 0.05) is 12.6 Å². The van der Waals surface area contributed by atoms with Crippen molar-refractivity contribution in [2.75, 3.05) is 7.05 Å². The molecule has 1 aliphatic heterocycles. The quantitative estimate of drug-likeness (QED) is 0.781. The second-order valence-corrected chi connectivity index (χ2v) is 5.46. The van der Waals surface area contributed by atoms with Crippen LogP contribution >= 0.6 is 12.2 Å². The van der Waals surface area contributed by atoms with Crippen LogP contribution in [0.3, 0.4) is 0 Å². The van der Waals surface area contributed by atoms with E-state index in [2.05, 4.69) is 36.1 Å². The van der Waals surface area contributed by atoms with Crippen molar-refractivity contribution in [3.05, 3.63) is 71.8 Å². The van der Waals surface area contributed by atoms with E-state index in [1.165, 1.54) is 0 Å². The molecule has 1 unspecified atom stereocenters. The Labute approximate surface area is 124 Å². The Balaban J connectivity index is 2.10. The number of rotatable bonds is 2. The van der Waals surface area contributed by atoms with Gasteiger partial charge in [0.2, 0.25) is 0 Å². The molecule has 0 bridgehead atoms. The predicted molar refractivity (Wildman–Crippen MR) is 87.1 cm³/mol. The topological polar surface area (TPSA) is 15.6 Å². The van der Waals surface area contributed by atoms with Crippen LogP contribution in [0.2, 0.25) is 0 Å². The van der Waals surface area contributed by atoms with E-state index < -0.39 is 5.66 Å². The molecule has 100 valence electrons. The van der Waals surface area contributed by atoms with Crippen molar-refractivity contribution in [3.8, 4) is 0 Å². The van der Waals surface area contributed by atoms with Gasteiger partial charge in [-0.2, -0.15) is 0 Å². The van der Waals surface area contributed by atoms with Gasteiger partial charge in [0.05, 0.1) is 0 Å². The molecule has 2 aromatic carbocycles. The minimum Gasteiger partial charge on any atom is -0.336 e. The summed E-state index contributed by atoms with van der Waals surface area (Å²) in [6, 6.07) is 20.4. The predicted octanol–water partition coefficient (Wildman–Crippen LogP) is 3.62. The van der Waals surface area contributed by atoms with Crippen molar-refractivity contribution in [2.45, 2.75) is 12.6 Å². The summed E-state index contributed by atoms with van der Waals surface area (Å²) in [5, 5.41) is 0. The van der Waals surface area contributed by atoms with E-state index >= 15 is 0 Å². The molecule has 0 spiro atoms. The van der Waals surface area contributed by atoms with Crippen LogP contribution in [0.1, 0.15) is 18.1 Å². The molecule has 1 atom stereocenters. The summed E-state index contributed by atoms with van der Waals surface area (Å²) in [5.74, 6) is 0. The summed E-state index contributed by atoms with van der Waals surface area (Å²) >= 11 is 5.59. The van der Waals surface area contributed by atoms with Crippen molar-refractivity contribution in [3.63, 3.8) is 0 Å². The Morgan fingerprint density at radius 3 is 2.10 bits per heavy atom. The lowest BCUT2D eigenvalue weighted by Gasteiger charge is -2.31. The van der Waals surface area contributed by atoms with Crippen molar-refractivity contribution in [2.24, 2.45) is 4.99 Å². The van der Waals surface area contributed by atoms with Crippen LogP contribution < -0.4 is 0 Å². The summed E-state index contributed by atoms with van der Waals surface area (Å²) in [6.45, 7) is 2.10. The number of nitrogens with zero attached hydrogens (tertiary/aromatic N) is 2. The molecule has 0 saturated heterocycles. The molecule has 0 amide bonds. The molecular weight excluding hydrogens is 264 g/mol. The monoisotopic (exact) mass is 280 g/mol. The van der Waals surface area contributed by atoms with Gasteiger partial charge in [0.25, 0.3) is 0 Å². The van der Waals surface area contributed by atoms with Gasteiger partial charge in [-0.05, 0) is 12.5 Å². The first-order valence-electron chi connectivity index (χ1n) is 6.62. The molecule has 0 N–H and O–H groups in total. The number of aliphatic imine (C=N–C) groups is 1. The zero-order valence-corrected chi connectivity index (χ0v) is 12.4. The summed E-state index contributed by atoms with van der Waals surface area (Å²) in [7, 11) is 2.01. The molecule has 3 rings (SSSR count). The zero-order chi connectivity index (χ0) is 14.2. The molecule has 2 nitrogen and oxygen atoms in total. The molecule has 3 heteroatoms. The van der Waals surface area contributed by atoms with Gasteiger partial charge >= 0.3 is 0 Å². The lowest BCUT2D eigenvalue weighted by Crippen LogP contribution is -2.38. The van der Waals surface area contributed by atoms with Crippen LogP contribution in [0.15, 0.2) is 65.7 Å². The summed E-state index contributed by atoms with van der Waals surface area (Å²) in [4.78, 5) is 7.79. The summed E-state index contributed by atoms with van der Waals surface area (Å²) < 4.78 is 0. The average molecular weight is 280 g/mol. The van der Waals surface area contributed by atoms with E-state index in [1.807, 2.05) is 43.4 Å². The van der Waals surface area contributed by atoms with Crippen LogP contribution in [0, 0.1) is 0 Å². The molecule has 0 fully saturated rings. The summed E-state index contributed by atoms with van der Waals surface area (Å²) in [6.07, 6.45) is 0. The minimum absolute atomic E-state index is 0.427. The highest BCUT2D eigenvalue weighted by Gasteiger charge is 2.40. The van der Waals surface area contributed by atoms with Crippen molar-refractivity contribution >= 4 is 22.9 Å². The Kier molecular flexibility index (Phi) is 3.14. The number of benzene rings is 2. The first kappa shape index (κ1) is 13.0. The highest BCUT2D eigenvalue weighted by Crippen LogP contribution is 2.35. The normalized spacial score (nSPS) is 22.0. The van der Waals surface area contributed by atoms with E-state index in [0.29, 0.717) is 0 Å². The maximum absolute atomic E-state index is 5.59. The standard InChI is InChI=1S/C17H16N2S/c1-17(14-11-7-4-8-12-14)18-15(16(20)19(17)2)13-9-5-3-6-10-13/h3-12H,1-2H3. The Hall–Kier alpha value is -2.00. The molecule has 1 heterocycles. The van der Waals surface area contributed by atoms with Crippen LogP contribution in [-0.4, -0.2) is 22.6 Å². The Morgan fingerprint density at radius 1 is 0.950 bits per heavy atom. The molecule has 20 heavy (non-hydrogen) atoms. The van der Waals surface area contributed by atoms with Gasteiger partial charge < -0.3 is 4.90 Å². The fourth-order valence-corrected chi connectivity index (χ4v) is 2.83. The number of likely N-dealkylation sites (N-methyl/N-ethyl adjacent to an activating group) is 1. The summed E-state index contributed by atoms with van der Waals surface area (Å²) in [5.41, 5.74) is 2.69. The van der Waals surface area contributed by atoms with E-state index in [0.717, 1.165) is 21.8 Å². The number of hydrogen-bond acceptors (Lipinski definition) is 2. The van der Waals surface area contributed by atoms with Gasteiger partial charge in [-0.15, -0.1) is 0 Å². The van der Waals surface area contributed by atoms with Crippen LogP contribution in [0.4, 0.5) is 0 Å². The first-order valence-corrected chi connectivity index (χ1v) is 7.03. The largest absolute Gasteiger partial charge is 0.336 e. The lowest BCUT2D eigenvalue weighted by molar-refractivity contribution is 0.264. The Morgan fingerprint density at radius 2 is 1.50 bits per heavy atom. The molecule has 0 aliphatic carbocycles.